The van der Waals surface area contributed by atoms with Gasteiger partial charge in [0, 0.05) is 30.4 Å². The van der Waals surface area contributed by atoms with Crippen molar-refractivity contribution < 1.29 is 9.47 Å². The number of benzene rings is 2. The Labute approximate surface area is 246 Å². The summed E-state index contributed by atoms with van der Waals surface area (Å²) in [5.41, 5.74) is 9.18. The zero-order valence-corrected chi connectivity index (χ0v) is 25.1. The third-order valence-electron chi connectivity index (χ3n) is 7.55. The number of pyridine rings is 1. The number of thiocarbonyl (C=S) groups is 1. The quantitative estimate of drug-likeness (QED) is 0.168. The van der Waals surface area contributed by atoms with Crippen molar-refractivity contribution in [1.82, 2.24) is 14.9 Å². The summed E-state index contributed by atoms with van der Waals surface area (Å²) in [4.78, 5) is 6.87. The molecule has 0 radical (unpaired) electrons. The number of halogens is 1. The van der Waals surface area contributed by atoms with E-state index in [2.05, 4.69) is 66.7 Å². The van der Waals surface area contributed by atoms with Crippen LogP contribution in [0.5, 0.6) is 5.75 Å². The molecule has 3 heterocycles. The minimum absolute atomic E-state index is 0.146. The Kier molecular flexibility index (Phi) is 8.45. The Morgan fingerprint density at radius 1 is 1.02 bits per heavy atom. The van der Waals surface area contributed by atoms with Crippen molar-refractivity contribution in [2.24, 2.45) is 0 Å². The molecule has 2 aromatic carbocycles. The number of anilines is 1. The molecule has 0 bridgehead atoms. The molecule has 0 saturated carbocycles. The van der Waals surface area contributed by atoms with Gasteiger partial charge in [0.2, 0.25) is 0 Å². The Bertz CT molecular complexity index is 1520. The second-order valence-electron chi connectivity index (χ2n) is 10.1. The lowest BCUT2D eigenvalue weighted by Crippen LogP contribution is -2.29. The standard InChI is InChI=1S/C32H35ClN4O2S/c1-6-23-11-9-10-20(2)30(23)36-21(3)18-25(22(36)4)31-29(27-12-7-8-15-34-27)35-32(40)37(31)24-13-14-28(26(33)19-24)39-17-16-38-5/h7-15,18-19,29,31H,6,16-17H2,1-5H3,(H,35,40)/t29-,31+/m1/s1. The minimum atomic E-state index is -0.151. The Morgan fingerprint density at radius 3 is 2.55 bits per heavy atom. The molecule has 1 N–H and O–H groups in total. The van der Waals surface area contributed by atoms with Crippen LogP contribution in [0, 0.1) is 20.8 Å². The first-order valence-corrected chi connectivity index (χ1v) is 14.3. The predicted molar refractivity (Wildman–Crippen MR) is 166 cm³/mol. The van der Waals surface area contributed by atoms with Crippen molar-refractivity contribution in [3.8, 4) is 11.4 Å². The average Bonchev–Trinajstić information content (AvgIpc) is 3.44. The molecule has 0 spiro atoms. The first-order chi connectivity index (χ1) is 19.3. The summed E-state index contributed by atoms with van der Waals surface area (Å²) in [6, 6.07) is 20.3. The second kappa shape index (κ2) is 12.0. The van der Waals surface area contributed by atoms with E-state index in [-0.39, 0.29) is 12.1 Å². The largest absolute Gasteiger partial charge is 0.490 e. The van der Waals surface area contributed by atoms with E-state index in [1.165, 1.54) is 33.8 Å². The van der Waals surface area contributed by atoms with Gasteiger partial charge in [0.1, 0.15) is 12.4 Å². The zero-order valence-electron chi connectivity index (χ0n) is 23.6. The molecule has 0 aliphatic carbocycles. The monoisotopic (exact) mass is 574 g/mol. The van der Waals surface area contributed by atoms with Crippen LogP contribution in [0.2, 0.25) is 5.02 Å². The maximum absolute atomic E-state index is 6.70. The molecule has 8 heteroatoms. The molecule has 6 nitrogen and oxygen atoms in total. The zero-order chi connectivity index (χ0) is 28.4. The molecule has 1 aliphatic heterocycles. The lowest BCUT2D eigenvalue weighted by atomic mass is 9.96. The summed E-state index contributed by atoms with van der Waals surface area (Å²) >= 11 is 12.7. The van der Waals surface area contributed by atoms with Crippen LogP contribution >= 0.6 is 23.8 Å². The van der Waals surface area contributed by atoms with Crippen LogP contribution in [-0.4, -0.2) is 35.0 Å². The van der Waals surface area contributed by atoms with Gasteiger partial charge in [-0.05, 0) is 92.5 Å². The predicted octanol–water partition coefficient (Wildman–Crippen LogP) is 7.22. The van der Waals surface area contributed by atoms with Gasteiger partial charge in [0.25, 0.3) is 0 Å². The number of hydrogen-bond donors (Lipinski definition) is 1. The first kappa shape index (κ1) is 28.1. The third kappa shape index (κ3) is 5.21. The molecule has 40 heavy (non-hydrogen) atoms. The minimum Gasteiger partial charge on any atom is -0.490 e. The van der Waals surface area contributed by atoms with E-state index in [1.807, 2.05) is 42.6 Å². The highest BCUT2D eigenvalue weighted by molar-refractivity contribution is 7.80. The molecule has 0 unspecified atom stereocenters. The summed E-state index contributed by atoms with van der Waals surface area (Å²) in [7, 11) is 1.65. The molecular formula is C32H35ClN4O2S. The summed E-state index contributed by atoms with van der Waals surface area (Å²) in [6.45, 7) is 9.67. The van der Waals surface area contributed by atoms with Gasteiger partial charge in [-0.15, -0.1) is 0 Å². The van der Waals surface area contributed by atoms with E-state index >= 15 is 0 Å². The van der Waals surface area contributed by atoms with Crippen molar-refractivity contribution in [2.75, 3.05) is 25.2 Å². The van der Waals surface area contributed by atoms with Gasteiger partial charge in [0.05, 0.1) is 35.1 Å². The molecule has 1 saturated heterocycles. The molecule has 4 aromatic rings. The van der Waals surface area contributed by atoms with Gasteiger partial charge >= 0.3 is 0 Å². The number of rotatable bonds is 9. The number of aryl methyl sites for hydroxylation is 3. The van der Waals surface area contributed by atoms with Crippen molar-refractivity contribution in [3.63, 3.8) is 0 Å². The number of methoxy groups -OCH3 is 1. The van der Waals surface area contributed by atoms with Crippen LogP contribution < -0.4 is 15.0 Å². The van der Waals surface area contributed by atoms with E-state index in [0.29, 0.717) is 29.1 Å². The van der Waals surface area contributed by atoms with Crippen LogP contribution in [0.4, 0.5) is 5.69 Å². The summed E-state index contributed by atoms with van der Waals surface area (Å²) in [5.74, 6) is 0.614. The van der Waals surface area contributed by atoms with Crippen molar-refractivity contribution in [3.05, 3.63) is 106 Å². The lowest BCUT2D eigenvalue weighted by molar-refractivity contribution is 0.146. The van der Waals surface area contributed by atoms with Crippen LogP contribution in [0.25, 0.3) is 5.69 Å². The van der Waals surface area contributed by atoms with Crippen LogP contribution in [0.1, 0.15) is 52.8 Å². The Hall–Kier alpha value is -3.39. The molecule has 5 rings (SSSR count). The van der Waals surface area contributed by atoms with Gasteiger partial charge < -0.3 is 24.3 Å². The van der Waals surface area contributed by atoms with Crippen LogP contribution in [0.3, 0.4) is 0 Å². The van der Waals surface area contributed by atoms with E-state index in [9.17, 15) is 0 Å². The number of hydrogen-bond acceptors (Lipinski definition) is 4. The highest BCUT2D eigenvalue weighted by Gasteiger charge is 2.42. The van der Waals surface area contributed by atoms with Crippen LogP contribution in [0.15, 0.2) is 66.9 Å². The summed E-state index contributed by atoms with van der Waals surface area (Å²) in [6.07, 6.45) is 2.78. The van der Waals surface area contributed by atoms with Gasteiger partial charge in [0.15, 0.2) is 5.11 Å². The second-order valence-corrected chi connectivity index (χ2v) is 10.8. The normalized spacial score (nSPS) is 16.9. The lowest BCUT2D eigenvalue weighted by Gasteiger charge is -2.28. The van der Waals surface area contributed by atoms with E-state index in [0.717, 1.165) is 17.8 Å². The molecular weight excluding hydrogens is 540 g/mol. The Morgan fingerprint density at radius 2 is 1.85 bits per heavy atom. The number of nitrogens with zero attached hydrogens (tertiary/aromatic N) is 3. The van der Waals surface area contributed by atoms with Crippen LogP contribution in [-0.2, 0) is 11.2 Å². The number of nitrogens with one attached hydrogen (secondary N) is 1. The van der Waals surface area contributed by atoms with Gasteiger partial charge in [-0.2, -0.15) is 0 Å². The van der Waals surface area contributed by atoms with E-state index in [4.69, 9.17) is 38.3 Å². The van der Waals surface area contributed by atoms with E-state index in [1.54, 1.807) is 7.11 Å². The Balaban J connectivity index is 1.64. The summed E-state index contributed by atoms with van der Waals surface area (Å²) in [5, 5.41) is 4.72. The van der Waals surface area contributed by atoms with Crippen molar-refractivity contribution >= 4 is 34.6 Å². The SMILES string of the molecule is CCc1cccc(C)c1-n1c(C)cc([C@H]2[C@@H](c3ccccn3)NC(=S)N2c2ccc(OCCOC)c(Cl)c2)c1C. The van der Waals surface area contributed by atoms with Gasteiger partial charge in [-0.1, -0.05) is 42.8 Å². The number of para-hydroxylation sites is 1. The van der Waals surface area contributed by atoms with E-state index < -0.39 is 0 Å². The average molecular weight is 575 g/mol. The van der Waals surface area contributed by atoms with Crippen molar-refractivity contribution in [2.45, 2.75) is 46.2 Å². The highest BCUT2D eigenvalue weighted by atomic mass is 35.5. The smallest absolute Gasteiger partial charge is 0.174 e. The highest BCUT2D eigenvalue weighted by Crippen LogP contribution is 2.45. The maximum atomic E-state index is 6.70. The van der Waals surface area contributed by atoms with Gasteiger partial charge in [-0.25, -0.2) is 0 Å². The third-order valence-corrected chi connectivity index (χ3v) is 8.16. The molecule has 2 aromatic heterocycles. The molecule has 2 atom stereocenters. The fourth-order valence-corrected chi connectivity index (χ4v) is 6.27. The van der Waals surface area contributed by atoms with Crippen molar-refractivity contribution in [1.29, 1.82) is 0 Å². The topological polar surface area (TPSA) is 51.6 Å². The van der Waals surface area contributed by atoms with Gasteiger partial charge in [-0.3, -0.25) is 4.98 Å². The number of aromatic nitrogens is 2. The maximum Gasteiger partial charge on any atom is 0.174 e. The first-order valence-electron chi connectivity index (χ1n) is 13.5. The molecule has 1 fully saturated rings. The molecule has 0 amide bonds. The molecule has 208 valence electrons. The molecule has 1 aliphatic rings. The summed E-state index contributed by atoms with van der Waals surface area (Å²) < 4.78 is 13.3. The number of ether oxygens (including phenoxy) is 2. The fourth-order valence-electron chi connectivity index (χ4n) is 5.70. The fraction of sp³-hybridized carbons (Fsp3) is 0.312.